The third kappa shape index (κ3) is 5.03. The van der Waals surface area contributed by atoms with Gasteiger partial charge in [0.05, 0.1) is 29.9 Å². The summed E-state index contributed by atoms with van der Waals surface area (Å²) in [4.78, 5) is 29.6. The summed E-state index contributed by atoms with van der Waals surface area (Å²) in [6.07, 6.45) is -1.88. The first-order valence-electron chi connectivity index (χ1n) is 13.9. The summed E-state index contributed by atoms with van der Waals surface area (Å²) < 4.78 is 85.6. The van der Waals surface area contributed by atoms with E-state index in [1.807, 2.05) is 0 Å². The molecule has 242 valence electrons. The Morgan fingerprint density at radius 2 is 1.96 bits per heavy atom. The molecule has 2 atom stereocenters. The first-order chi connectivity index (χ1) is 21.6. The van der Waals surface area contributed by atoms with E-state index in [1.54, 1.807) is 10.9 Å². The quantitative estimate of drug-likeness (QED) is 0.176. The van der Waals surface area contributed by atoms with Crippen LogP contribution in [0.25, 0.3) is 22.2 Å². The van der Waals surface area contributed by atoms with Gasteiger partial charge in [0.15, 0.2) is 0 Å². The molecule has 0 bridgehead atoms. The predicted octanol–water partition coefficient (Wildman–Crippen LogP) is 4.80. The van der Waals surface area contributed by atoms with E-state index < -0.39 is 75.2 Å². The molecule has 46 heavy (non-hydrogen) atoms. The number of carbonyl (C=O) groups excluding carboxylic acids is 2. The predicted molar refractivity (Wildman–Crippen MR) is 156 cm³/mol. The molecular weight excluding hydrogens is 685 g/mol. The van der Waals surface area contributed by atoms with Gasteiger partial charge in [-0.15, -0.1) is 0 Å². The number of halogens is 6. The van der Waals surface area contributed by atoms with Crippen LogP contribution in [-0.2, 0) is 15.8 Å². The van der Waals surface area contributed by atoms with Crippen molar-refractivity contribution in [1.82, 2.24) is 20.1 Å². The first-order valence-corrected chi connectivity index (χ1v) is 14.6. The second kappa shape index (κ2) is 10.9. The number of primary amides is 1. The number of hydrogen-bond acceptors (Lipinski definition) is 7. The number of ether oxygens (including phenoxy) is 2. The summed E-state index contributed by atoms with van der Waals surface area (Å²) in [7, 11) is 1.36. The highest BCUT2D eigenvalue weighted by molar-refractivity contribution is 9.10. The highest BCUT2D eigenvalue weighted by Gasteiger charge is 2.58. The molecule has 6 rings (SSSR count). The Bertz CT molecular complexity index is 1930. The maximum absolute atomic E-state index is 15.3. The molecule has 0 radical (unpaired) electrons. The van der Waals surface area contributed by atoms with Crippen LogP contribution in [0.4, 0.5) is 22.0 Å². The van der Waals surface area contributed by atoms with Crippen molar-refractivity contribution in [3.8, 4) is 22.8 Å². The number of pyridine rings is 1. The largest absolute Gasteiger partial charge is 0.494 e. The molecule has 4 aromatic rings. The monoisotopic (exact) mass is 709 g/mol. The molecule has 0 unspecified atom stereocenters. The number of nitrogens with zero attached hydrogens (tertiary/aromatic N) is 3. The lowest BCUT2D eigenvalue weighted by Crippen LogP contribution is -2.51. The van der Waals surface area contributed by atoms with Crippen molar-refractivity contribution in [2.75, 3.05) is 20.3 Å². The van der Waals surface area contributed by atoms with E-state index in [9.17, 15) is 32.3 Å². The molecule has 10 nitrogen and oxygen atoms in total. The lowest BCUT2D eigenvalue weighted by molar-refractivity contribution is -0.265. The lowest BCUT2D eigenvalue weighted by atomic mass is 9.81. The van der Waals surface area contributed by atoms with Crippen molar-refractivity contribution in [1.29, 1.82) is 0 Å². The number of rotatable bonds is 8. The number of aromatic nitrogens is 3. The fourth-order valence-corrected chi connectivity index (χ4v) is 5.62. The van der Waals surface area contributed by atoms with Crippen LogP contribution >= 0.6 is 15.9 Å². The van der Waals surface area contributed by atoms with Crippen LogP contribution in [0.15, 0.2) is 41.0 Å². The van der Waals surface area contributed by atoms with Crippen LogP contribution in [0, 0.1) is 11.6 Å². The average Bonchev–Trinajstić information content (AvgIpc) is 3.68. The molecule has 3 heterocycles. The Morgan fingerprint density at radius 1 is 1.24 bits per heavy atom. The van der Waals surface area contributed by atoms with Gasteiger partial charge in [-0.25, -0.2) is 13.8 Å². The van der Waals surface area contributed by atoms with Crippen LogP contribution < -0.4 is 20.5 Å². The van der Waals surface area contributed by atoms with Gasteiger partial charge < -0.3 is 25.6 Å². The smallest absolute Gasteiger partial charge is 0.424 e. The molecular formula is C30H25BrF5N5O5. The number of fused-ring (bicyclic) bond motifs is 2. The molecule has 2 aromatic heterocycles. The third-order valence-electron chi connectivity index (χ3n) is 8.30. The number of nitrogens with one attached hydrogen (secondary N) is 1. The molecule has 1 fully saturated rings. The molecule has 1 aliphatic heterocycles. The number of benzene rings is 2. The van der Waals surface area contributed by atoms with E-state index in [2.05, 4.69) is 31.3 Å². The van der Waals surface area contributed by atoms with E-state index in [1.165, 1.54) is 26.2 Å². The minimum Gasteiger partial charge on any atom is -0.494 e. The lowest BCUT2D eigenvalue weighted by Gasteiger charge is -2.31. The van der Waals surface area contributed by atoms with Crippen molar-refractivity contribution in [2.24, 2.45) is 5.73 Å². The minimum atomic E-state index is -5.46. The Morgan fingerprint density at radius 3 is 2.59 bits per heavy atom. The molecule has 2 amide bonds. The second-order valence-corrected chi connectivity index (χ2v) is 12.2. The summed E-state index contributed by atoms with van der Waals surface area (Å²) >= 11 is 2.76. The van der Waals surface area contributed by atoms with E-state index >= 15 is 4.39 Å². The maximum atomic E-state index is 15.3. The van der Waals surface area contributed by atoms with Gasteiger partial charge in [0.2, 0.25) is 11.5 Å². The molecule has 0 saturated heterocycles. The van der Waals surface area contributed by atoms with Gasteiger partial charge in [0.1, 0.15) is 46.4 Å². The van der Waals surface area contributed by atoms with Crippen LogP contribution in [0.1, 0.15) is 47.4 Å². The molecule has 16 heteroatoms. The zero-order chi connectivity index (χ0) is 33.3. The third-order valence-corrected chi connectivity index (χ3v) is 9.03. The Kier molecular flexibility index (Phi) is 7.50. The van der Waals surface area contributed by atoms with Crippen molar-refractivity contribution in [2.45, 2.75) is 43.0 Å². The standard InChI is InChI=1S/C30H25BrF5N5O5/c1-28(27(37)43)12-46-25-17(28)9-20(39-24(25)16-5-6-18(32)21(31)22(16)33)29(44,30(34,35)36)11-38-26(42)13-7-14-10-41(15-3-4-15)40-23(14)19(8-13)45-2/h5-10,15,44H,3-4,11-12H2,1-2H3,(H2,37,43)(H,38,42)/t28-,29-/m0/s1. The van der Waals surface area contributed by atoms with Gasteiger partial charge in [-0.2, -0.15) is 18.3 Å². The Balaban J connectivity index is 1.43. The summed E-state index contributed by atoms with van der Waals surface area (Å²) in [6, 6.07) is 5.52. The highest BCUT2D eigenvalue weighted by Crippen LogP contribution is 2.48. The van der Waals surface area contributed by atoms with E-state index in [4.69, 9.17) is 15.2 Å². The minimum absolute atomic E-state index is 0.0697. The fraction of sp³-hybridized carbons (Fsp3) is 0.333. The number of carbonyl (C=O) groups is 2. The van der Waals surface area contributed by atoms with Crippen LogP contribution in [0.5, 0.6) is 11.5 Å². The van der Waals surface area contributed by atoms with Crippen LogP contribution in [0.3, 0.4) is 0 Å². The normalized spacial score (nSPS) is 19.0. The van der Waals surface area contributed by atoms with Gasteiger partial charge in [-0.1, -0.05) is 0 Å². The summed E-state index contributed by atoms with van der Waals surface area (Å²) in [5.74, 6) is -4.24. The van der Waals surface area contributed by atoms with Crippen molar-refractivity contribution >= 4 is 38.6 Å². The number of amides is 2. The molecule has 1 aliphatic carbocycles. The van der Waals surface area contributed by atoms with Gasteiger partial charge in [-0.05, 0) is 66.0 Å². The Labute approximate surface area is 265 Å². The second-order valence-electron chi connectivity index (χ2n) is 11.4. The number of hydrogen-bond donors (Lipinski definition) is 3. The van der Waals surface area contributed by atoms with Gasteiger partial charge in [0.25, 0.3) is 5.91 Å². The molecule has 2 aliphatic rings. The maximum Gasteiger partial charge on any atom is 0.424 e. The number of alkyl halides is 3. The van der Waals surface area contributed by atoms with E-state index in [0.29, 0.717) is 10.9 Å². The molecule has 0 spiro atoms. The van der Waals surface area contributed by atoms with Gasteiger partial charge in [-0.3, -0.25) is 14.3 Å². The zero-order valence-corrected chi connectivity index (χ0v) is 25.7. The molecule has 2 aromatic carbocycles. The zero-order valence-electron chi connectivity index (χ0n) is 24.1. The van der Waals surface area contributed by atoms with Crippen molar-refractivity contribution in [3.05, 3.63) is 69.5 Å². The summed E-state index contributed by atoms with van der Waals surface area (Å²) in [5.41, 5.74) is -1.94. The SMILES string of the molecule is COc1cc(C(=O)NC[C@](O)(c2cc3c(c(-c4ccc(F)c(Br)c4F)n2)OC[C@]3(C)C(N)=O)C(F)(F)F)cc2cn(C3CC3)nc12. The fourth-order valence-electron chi connectivity index (χ4n) is 5.27. The van der Waals surface area contributed by atoms with E-state index in [0.717, 1.165) is 31.0 Å². The Hall–Kier alpha value is -4.31. The average molecular weight is 710 g/mol. The van der Waals surface area contributed by atoms with Gasteiger partial charge in [0, 0.05) is 28.3 Å². The van der Waals surface area contributed by atoms with Crippen molar-refractivity contribution in [3.63, 3.8) is 0 Å². The topological polar surface area (TPSA) is 142 Å². The van der Waals surface area contributed by atoms with Crippen LogP contribution in [0.2, 0.25) is 0 Å². The molecule has 4 N–H and O–H groups in total. The highest BCUT2D eigenvalue weighted by atomic mass is 79.9. The summed E-state index contributed by atoms with van der Waals surface area (Å²) in [5, 5.41) is 18.4. The molecule has 1 saturated carbocycles. The number of aliphatic hydroxyl groups is 1. The van der Waals surface area contributed by atoms with Gasteiger partial charge >= 0.3 is 6.18 Å². The number of nitrogens with two attached hydrogens (primary N) is 1. The summed E-state index contributed by atoms with van der Waals surface area (Å²) in [6.45, 7) is -0.566. The number of methoxy groups -OCH3 is 1. The first kappa shape index (κ1) is 31.7. The van der Waals surface area contributed by atoms with Crippen LogP contribution in [-0.4, -0.2) is 58.1 Å². The van der Waals surface area contributed by atoms with Crippen molar-refractivity contribution < 1.29 is 46.1 Å². The van der Waals surface area contributed by atoms with E-state index in [-0.39, 0.29) is 28.7 Å².